The van der Waals surface area contributed by atoms with Gasteiger partial charge in [0.05, 0.1) is 13.2 Å². The summed E-state index contributed by atoms with van der Waals surface area (Å²) in [6.45, 7) is 10.7. The maximum Gasteiger partial charge on any atom is 0.409 e. The summed E-state index contributed by atoms with van der Waals surface area (Å²) in [6, 6.07) is 1.80. The lowest BCUT2D eigenvalue weighted by Crippen LogP contribution is -2.54. The Morgan fingerprint density at radius 2 is 1.58 bits per heavy atom. The number of carbonyl (C=O) groups excluding carboxylic acids is 2. The number of hydrogen-bond acceptors (Lipinski definition) is 7. The van der Waals surface area contributed by atoms with Crippen molar-refractivity contribution in [1.82, 2.24) is 30.0 Å². The molecule has 3 rings (SSSR count). The number of nitrogens with zero attached hydrogens (tertiary/aromatic N) is 7. The van der Waals surface area contributed by atoms with E-state index in [0.717, 1.165) is 25.6 Å². The number of anilines is 1. The van der Waals surface area contributed by atoms with E-state index >= 15 is 0 Å². The van der Waals surface area contributed by atoms with Gasteiger partial charge in [0.2, 0.25) is 11.9 Å². The molecule has 1 N–H and O–H groups in total. The number of piperazine rings is 2. The highest BCUT2D eigenvalue weighted by Crippen LogP contribution is 2.11. The standard InChI is InChI=1S/C21H34N8O3.HI/c1-3-22-19(27-14-16-29(17-15-27)21(31)32-4-2)25-9-6-18(30)26-10-12-28(13-11-26)20-23-7-5-8-24-20;/h5,7-8H,3-4,6,9-17H2,1-2H3,(H,22,25);1H. The number of aromatic nitrogens is 2. The van der Waals surface area contributed by atoms with Gasteiger partial charge in [-0.05, 0) is 19.9 Å². The van der Waals surface area contributed by atoms with E-state index < -0.39 is 0 Å². The number of ether oxygens (including phenoxy) is 1. The number of aliphatic imine (C=N–C) groups is 1. The molecule has 0 aliphatic carbocycles. The molecular formula is C21H35IN8O3. The lowest BCUT2D eigenvalue weighted by atomic mass is 10.3. The molecule has 0 saturated carbocycles. The molecule has 0 radical (unpaired) electrons. The average Bonchev–Trinajstić information content (AvgIpc) is 2.84. The smallest absolute Gasteiger partial charge is 0.409 e. The van der Waals surface area contributed by atoms with Crippen LogP contribution in [0.3, 0.4) is 0 Å². The molecule has 12 heteroatoms. The first-order chi connectivity index (χ1) is 15.6. The minimum absolute atomic E-state index is 0. The summed E-state index contributed by atoms with van der Waals surface area (Å²) in [5.74, 6) is 1.61. The molecule has 3 heterocycles. The SMILES string of the molecule is CCNC(=NCCC(=O)N1CCN(c2ncccn2)CC1)N1CCN(C(=O)OCC)CC1.I. The fourth-order valence-electron chi connectivity index (χ4n) is 3.77. The molecule has 2 amide bonds. The molecule has 184 valence electrons. The summed E-state index contributed by atoms with van der Waals surface area (Å²) < 4.78 is 5.08. The fourth-order valence-corrected chi connectivity index (χ4v) is 3.77. The molecular weight excluding hydrogens is 539 g/mol. The Morgan fingerprint density at radius 1 is 0.970 bits per heavy atom. The molecule has 0 spiro atoms. The van der Waals surface area contributed by atoms with Crippen LogP contribution in [0.2, 0.25) is 0 Å². The summed E-state index contributed by atoms with van der Waals surface area (Å²) in [4.78, 5) is 45.6. The Hall–Kier alpha value is -2.38. The number of rotatable bonds is 6. The zero-order valence-electron chi connectivity index (χ0n) is 19.5. The van der Waals surface area contributed by atoms with Gasteiger partial charge < -0.3 is 29.7 Å². The van der Waals surface area contributed by atoms with E-state index in [1.807, 2.05) is 18.7 Å². The van der Waals surface area contributed by atoms with Crippen LogP contribution in [0, 0.1) is 0 Å². The third-order valence-electron chi connectivity index (χ3n) is 5.49. The van der Waals surface area contributed by atoms with Gasteiger partial charge in [0.15, 0.2) is 5.96 Å². The molecule has 0 aromatic carbocycles. The van der Waals surface area contributed by atoms with Crippen LogP contribution in [0.15, 0.2) is 23.5 Å². The molecule has 1 aromatic heterocycles. The average molecular weight is 574 g/mol. The molecule has 2 saturated heterocycles. The summed E-state index contributed by atoms with van der Waals surface area (Å²) in [7, 11) is 0. The van der Waals surface area contributed by atoms with Crippen molar-refractivity contribution < 1.29 is 14.3 Å². The largest absolute Gasteiger partial charge is 0.450 e. The van der Waals surface area contributed by atoms with Crippen molar-refractivity contribution in [1.29, 1.82) is 0 Å². The van der Waals surface area contributed by atoms with Crippen LogP contribution < -0.4 is 10.2 Å². The normalized spacial score (nSPS) is 16.8. The fraction of sp³-hybridized carbons (Fsp3) is 0.667. The van der Waals surface area contributed by atoms with Gasteiger partial charge in [-0.15, -0.1) is 24.0 Å². The van der Waals surface area contributed by atoms with Gasteiger partial charge in [0.1, 0.15) is 0 Å². The number of carbonyl (C=O) groups is 2. The quantitative estimate of drug-likeness (QED) is 0.303. The Labute approximate surface area is 212 Å². The van der Waals surface area contributed by atoms with E-state index in [0.29, 0.717) is 64.8 Å². The highest BCUT2D eigenvalue weighted by Gasteiger charge is 2.24. The molecule has 2 aliphatic heterocycles. The highest BCUT2D eigenvalue weighted by molar-refractivity contribution is 14.0. The van der Waals surface area contributed by atoms with Crippen LogP contribution in [0.1, 0.15) is 20.3 Å². The van der Waals surface area contributed by atoms with Gasteiger partial charge in [-0.1, -0.05) is 0 Å². The van der Waals surface area contributed by atoms with E-state index in [9.17, 15) is 9.59 Å². The van der Waals surface area contributed by atoms with E-state index in [1.54, 1.807) is 23.4 Å². The van der Waals surface area contributed by atoms with Gasteiger partial charge in [-0.3, -0.25) is 9.79 Å². The van der Waals surface area contributed by atoms with Gasteiger partial charge in [-0.2, -0.15) is 0 Å². The lowest BCUT2D eigenvalue weighted by Gasteiger charge is -2.36. The van der Waals surface area contributed by atoms with Gasteiger partial charge >= 0.3 is 6.09 Å². The molecule has 0 atom stereocenters. The summed E-state index contributed by atoms with van der Waals surface area (Å²) in [6.07, 6.45) is 3.57. The summed E-state index contributed by atoms with van der Waals surface area (Å²) in [5, 5.41) is 3.29. The highest BCUT2D eigenvalue weighted by atomic mass is 127. The maximum absolute atomic E-state index is 12.7. The lowest BCUT2D eigenvalue weighted by molar-refractivity contribution is -0.131. The van der Waals surface area contributed by atoms with Crippen LogP contribution in [0.25, 0.3) is 0 Å². The monoisotopic (exact) mass is 574 g/mol. The Bertz CT molecular complexity index is 766. The van der Waals surface area contributed by atoms with Crippen molar-refractivity contribution in [2.24, 2.45) is 4.99 Å². The first kappa shape index (κ1) is 26.9. The van der Waals surface area contributed by atoms with Crippen LogP contribution in [-0.2, 0) is 9.53 Å². The van der Waals surface area contributed by atoms with Crippen LogP contribution in [0.5, 0.6) is 0 Å². The minimum atomic E-state index is -0.265. The Balaban J connectivity index is 0.00000385. The summed E-state index contributed by atoms with van der Waals surface area (Å²) in [5.41, 5.74) is 0. The van der Waals surface area contributed by atoms with Crippen molar-refractivity contribution >= 4 is 47.9 Å². The predicted molar refractivity (Wildman–Crippen MR) is 137 cm³/mol. The molecule has 0 bridgehead atoms. The van der Waals surface area contributed by atoms with Gasteiger partial charge in [0, 0.05) is 77.7 Å². The number of halogens is 1. The number of nitrogens with one attached hydrogen (secondary N) is 1. The number of guanidine groups is 1. The maximum atomic E-state index is 12.7. The van der Waals surface area contributed by atoms with Gasteiger partial charge in [-0.25, -0.2) is 14.8 Å². The molecule has 1 aromatic rings. The third-order valence-corrected chi connectivity index (χ3v) is 5.49. The first-order valence-electron chi connectivity index (χ1n) is 11.4. The first-order valence-corrected chi connectivity index (χ1v) is 11.4. The van der Waals surface area contributed by atoms with Crippen molar-refractivity contribution in [3.8, 4) is 0 Å². The van der Waals surface area contributed by atoms with Gasteiger partial charge in [0.25, 0.3) is 0 Å². The van der Waals surface area contributed by atoms with E-state index in [2.05, 4.69) is 30.1 Å². The predicted octanol–water partition coefficient (Wildman–Crippen LogP) is 0.873. The molecule has 33 heavy (non-hydrogen) atoms. The summed E-state index contributed by atoms with van der Waals surface area (Å²) >= 11 is 0. The molecule has 11 nitrogen and oxygen atoms in total. The van der Waals surface area contributed by atoms with E-state index in [1.165, 1.54) is 0 Å². The topological polar surface area (TPSA) is 106 Å². The molecule has 2 aliphatic rings. The Morgan fingerprint density at radius 3 is 2.18 bits per heavy atom. The second kappa shape index (κ2) is 14.0. The van der Waals surface area contributed by atoms with Crippen molar-refractivity contribution in [3.05, 3.63) is 18.5 Å². The second-order valence-corrected chi connectivity index (χ2v) is 7.58. The second-order valence-electron chi connectivity index (χ2n) is 7.58. The van der Waals surface area contributed by atoms with Crippen LogP contribution in [0.4, 0.5) is 10.7 Å². The van der Waals surface area contributed by atoms with E-state index in [-0.39, 0.29) is 36.0 Å². The van der Waals surface area contributed by atoms with Crippen molar-refractivity contribution in [2.75, 3.05) is 77.0 Å². The van der Waals surface area contributed by atoms with Crippen LogP contribution in [-0.4, -0.2) is 115 Å². The number of hydrogen-bond donors (Lipinski definition) is 1. The molecule has 0 unspecified atom stereocenters. The van der Waals surface area contributed by atoms with Crippen molar-refractivity contribution in [3.63, 3.8) is 0 Å². The molecule has 2 fully saturated rings. The zero-order chi connectivity index (χ0) is 22.8. The van der Waals surface area contributed by atoms with E-state index in [4.69, 9.17) is 4.74 Å². The number of amides is 2. The Kier molecular flexibility index (Phi) is 11.4. The van der Waals surface area contributed by atoms with Crippen LogP contribution >= 0.6 is 24.0 Å². The van der Waals surface area contributed by atoms with Crippen molar-refractivity contribution in [2.45, 2.75) is 20.3 Å². The third kappa shape index (κ3) is 7.86. The zero-order valence-corrected chi connectivity index (χ0v) is 21.8. The minimum Gasteiger partial charge on any atom is -0.450 e.